The third-order valence-electron chi connectivity index (χ3n) is 4.32. The summed E-state index contributed by atoms with van der Waals surface area (Å²) in [6, 6.07) is 7.71. The third kappa shape index (κ3) is 3.39. The van der Waals surface area contributed by atoms with E-state index in [1.807, 2.05) is 29.2 Å². The van der Waals surface area contributed by atoms with Crippen molar-refractivity contribution in [3.63, 3.8) is 0 Å². The Morgan fingerprint density at radius 1 is 1.29 bits per heavy atom. The van der Waals surface area contributed by atoms with Crippen LogP contribution in [0.15, 0.2) is 24.3 Å². The largest absolute Gasteiger partial charge is 0.370 e. The lowest BCUT2D eigenvalue weighted by Crippen LogP contribution is -2.47. The predicted molar refractivity (Wildman–Crippen MR) is 82.3 cm³/mol. The highest BCUT2D eigenvalue weighted by molar-refractivity contribution is 6.31. The van der Waals surface area contributed by atoms with Gasteiger partial charge >= 0.3 is 0 Å². The molecular formula is C16H21ClN2O2. The second-order valence-corrected chi connectivity index (χ2v) is 6.10. The predicted octanol–water partition coefficient (Wildman–Crippen LogP) is 2.24. The topological polar surface area (TPSA) is 41.6 Å². The molecule has 0 radical (unpaired) electrons. The zero-order valence-electron chi connectivity index (χ0n) is 12.1. The van der Waals surface area contributed by atoms with E-state index in [0.29, 0.717) is 24.7 Å². The number of piperidine rings is 1. The summed E-state index contributed by atoms with van der Waals surface area (Å²) in [6.07, 6.45) is 1.76. The van der Waals surface area contributed by atoms with E-state index in [9.17, 15) is 4.79 Å². The van der Waals surface area contributed by atoms with Gasteiger partial charge in [-0.25, -0.2) is 0 Å². The molecule has 1 N–H and O–H groups in total. The summed E-state index contributed by atoms with van der Waals surface area (Å²) >= 11 is 6.24. The highest BCUT2D eigenvalue weighted by atomic mass is 35.5. The number of halogens is 1. The van der Waals surface area contributed by atoms with Crippen molar-refractivity contribution in [2.24, 2.45) is 5.92 Å². The van der Waals surface area contributed by atoms with E-state index < -0.39 is 0 Å². The summed E-state index contributed by atoms with van der Waals surface area (Å²) in [6.45, 7) is 3.74. The van der Waals surface area contributed by atoms with Gasteiger partial charge in [0.05, 0.1) is 13.2 Å². The Morgan fingerprint density at radius 3 is 2.81 bits per heavy atom. The van der Waals surface area contributed by atoms with Crippen LogP contribution in [0.5, 0.6) is 0 Å². The smallest absolute Gasteiger partial charge is 0.225 e. The number of carbonyl (C=O) groups excluding carboxylic acids is 1. The molecule has 0 saturated carbocycles. The van der Waals surface area contributed by atoms with Gasteiger partial charge in [-0.3, -0.25) is 4.79 Å². The van der Waals surface area contributed by atoms with Crippen molar-refractivity contribution in [2.45, 2.75) is 18.9 Å². The number of hydrogen-bond acceptors (Lipinski definition) is 3. The first-order chi connectivity index (χ1) is 10.3. The molecule has 114 valence electrons. The molecule has 1 aromatic rings. The second-order valence-electron chi connectivity index (χ2n) is 5.69. The first kappa shape index (κ1) is 14.8. The van der Waals surface area contributed by atoms with Gasteiger partial charge in [-0.1, -0.05) is 29.8 Å². The summed E-state index contributed by atoms with van der Waals surface area (Å²) in [5.74, 6) is 0.438. The molecule has 2 saturated heterocycles. The number of ether oxygens (including phenoxy) is 1. The van der Waals surface area contributed by atoms with E-state index in [1.165, 1.54) is 0 Å². The van der Waals surface area contributed by atoms with Gasteiger partial charge in [0, 0.05) is 23.0 Å². The highest BCUT2D eigenvalue weighted by Crippen LogP contribution is 2.29. The van der Waals surface area contributed by atoms with Crippen LogP contribution in [-0.4, -0.2) is 43.6 Å². The summed E-state index contributed by atoms with van der Waals surface area (Å²) in [5.41, 5.74) is 0.974. The number of hydrogen-bond donors (Lipinski definition) is 1. The fourth-order valence-corrected chi connectivity index (χ4v) is 3.36. The third-order valence-corrected chi connectivity index (χ3v) is 4.66. The number of benzene rings is 1. The van der Waals surface area contributed by atoms with Crippen LogP contribution in [0.3, 0.4) is 0 Å². The minimum Gasteiger partial charge on any atom is -0.370 e. The molecule has 0 unspecified atom stereocenters. The molecule has 1 amide bonds. The molecule has 21 heavy (non-hydrogen) atoms. The number of nitrogens with one attached hydrogen (secondary N) is 1. The van der Waals surface area contributed by atoms with Crippen LogP contribution in [0, 0.1) is 5.92 Å². The van der Waals surface area contributed by atoms with E-state index in [0.717, 1.165) is 31.5 Å². The van der Waals surface area contributed by atoms with E-state index in [1.54, 1.807) is 0 Å². The molecule has 4 nitrogen and oxygen atoms in total. The van der Waals surface area contributed by atoms with Gasteiger partial charge in [0.15, 0.2) is 0 Å². The Bertz CT molecular complexity index is 503. The first-order valence-electron chi connectivity index (χ1n) is 7.61. The van der Waals surface area contributed by atoms with Gasteiger partial charge < -0.3 is 15.0 Å². The average molecular weight is 309 g/mol. The SMILES string of the molecule is O=C(C1CCNCC1)N1CCO[C@H](c2ccccc2Cl)C1. The standard InChI is InChI=1S/C16H21ClN2O2/c17-14-4-2-1-3-13(14)15-11-19(9-10-21-15)16(20)12-5-7-18-8-6-12/h1-4,12,15,18H,5-11H2/t15-/m0/s1. The lowest BCUT2D eigenvalue weighted by atomic mass is 9.96. The minimum absolute atomic E-state index is 0.113. The van der Waals surface area contributed by atoms with E-state index in [2.05, 4.69) is 5.32 Å². The maximum Gasteiger partial charge on any atom is 0.225 e. The molecule has 0 bridgehead atoms. The Balaban J connectivity index is 1.68. The number of morpholine rings is 1. The zero-order valence-corrected chi connectivity index (χ0v) is 12.8. The fraction of sp³-hybridized carbons (Fsp3) is 0.562. The lowest BCUT2D eigenvalue weighted by Gasteiger charge is -2.36. The number of rotatable bonds is 2. The summed E-state index contributed by atoms with van der Waals surface area (Å²) in [7, 11) is 0. The Labute approximate surface area is 130 Å². The van der Waals surface area contributed by atoms with Crippen LogP contribution in [0.25, 0.3) is 0 Å². The van der Waals surface area contributed by atoms with Crippen molar-refractivity contribution in [2.75, 3.05) is 32.8 Å². The molecule has 2 heterocycles. The first-order valence-corrected chi connectivity index (χ1v) is 7.99. The molecule has 0 aromatic heterocycles. The molecular weight excluding hydrogens is 288 g/mol. The summed E-state index contributed by atoms with van der Waals surface area (Å²) < 4.78 is 5.82. The fourth-order valence-electron chi connectivity index (χ4n) is 3.10. The van der Waals surface area contributed by atoms with Crippen molar-refractivity contribution >= 4 is 17.5 Å². The summed E-state index contributed by atoms with van der Waals surface area (Å²) in [5, 5.41) is 4.01. The van der Waals surface area contributed by atoms with Crippen molar-refractivity contribution in [3.05, 3.63) is 34.9 Å². The average Bonchev–Trinajstić information content (AvgIpc) is 2.55. The Hall–Kier alpha value is -1.10. The molecule has 2 aliphatic heterocycles. The van der Waals surface area contributed by atoms with Crippen LogP contribution >= 0.6 is 11.6 Å². The van der Waals surface area contributed by atoms with E-state index in [4.69, 9.17) is 16.3 Å². The maximum absolute atomic E-state index is 12.6. The van der Waals surface area contributed by atoms with Crippen LogP contribution in [0.2, 0.25) is 5.02 Å². The van der Waals surface area contributed by atoms with Gasteiger partial charge in [-0.2, -0.15) is 0 Å². The van der Waals surface area contributed by atoms with E-state index >= 15 is 0 Å². The minimum atomic E-state index is -0.113. The van der Waals surface area contributed by atoms with Crippen LogP contribution in [0.1, 0.15) is 24.5 Å². The quantitative estimate of drug-likeness (QED) is 0.911. The number of amides is 1. The second kappa shape index (κ2) is 6.77. The highest BCUT2D eigenvalue weighted by Gasteiger charge is 2.31. The molecule has 3 rings (SSSR count). The molecule has 2 aliphatic rings. The Morgan fingerprint density at radius 2 is 2.05 bits per heavy atom. The number of nitrogens with zero attached hydrogens (tertiary/aromatic N) is 1. The lowest BCUT2D eigenvalue weighted by molar-refractivity contribution is -0.144. The van der Waals surface area contributed by atoms with Gasteiger partial charge in [-0.05, 0) is 32.0 Å². The van der Waals surface area contributed by atoms with Gasteiger partial charge in [-0.15, -0.1) is 0 Å². The Kier molecular flexibility index (Phi) is 4.78. The van der Waals surface area contributed by atoms with Crippen molar-refractivity contribution < 1.29 is 9.53 Å². The van der Waals surface area contributed by atoms with Gasteiger partial charge in [0.1, 0.15) is 6.10 Å². The van der Waals surface area contributed by atoms with Gasteiger partial charge in [0.2, 0.25) is 5.91 Å². The molecule has 5 heteroatoms. The number of carbonyl (C=O) groups is 1. The monoisotopic (exact) mass is 308 g/mol. The van der Waals surface area contributed by atoms with Crippen LogP contribution in [0.4, 0.5) is 0 Å². The van der Waals surface area contributed by atoms with Gasteiger partial charge in [0.25, 0.3) is 0 Å². The van der Waals surface area contributed by atoms with Crippen molar-refractivity contribution in [3.8, 4) is 0 Å². The zero-order chi connectivity index (χ0) is 14.7. The molecule has 0 spiro atoms. The molecule has 1 aromatic carbocycles. The molecule has 2 fully saturated rings. The van der Waals surface area contributed by atoms with Crippen molar-refractivity contribution in [1.82, 2.24) is 10.2 Å². The molecule has 1 atom stereocenters. The van der Waals surface area contributed by atoms with E-state index in [-0.39, 0.29) is 17.9 Å². The maximum atomic E-state index is 12.6. The summed E-state index contributed by atoms with van der Waals surface area (Å²) in [4.78, 5) is 14.6. The van der Waals surface area contributed by atoms with Crippen molar-refractivity contribution in [1.29, 1.82) is 0 Å². The normalized spacial score (nSPS) is 24.0. The molecule has 0 aliphatic carbocycles. The van der Waals surface area contributed by atoms with Crippen LogP contribution < -0.4 is 5.32 Å². The van der Waals surface area contributed by atoms with Crippen LogP contribution in [-0.2, 0) is 9.53 Å².